The third kappa shape index (κ3) is 10.4. The standard InChI is InChI=1S/C25H31N5O3S2.H3N/c26-19-22-9-11-23(12-10-22)30(29-20-27-28-21-29)17-7-5-3-1-2-4-6-8-18-34-25-15-13-24(14-16-25)33-35(31)32;/h9-16,20-21H,1-8,17-18H2,(H,31,32);1H3/p-1. The summed E-state index contributed by atoms with van der Waals surface area (Å²) in [5.41, 5.74) is 1.67. The first-order valence-corrected chi connectivity index (χ1v) is 13.8. The van der Waals surface area contributed by atoms with Gasteiger partial charge in [0.1, 0.15) is 29.8 Å². The van der Waals surface area contributed by atoms with E-state index in [1.54, 1.807) is 36.5 Å². The molecule has 0 aliphatic heterocycles. The van der Waals surface area contributed by atoms with Gasteiger partial charge in [-0.15, -0.1) is 22.0 Å². The van der Waals surface area contributed by atoms with E-state index >= 15 is 0 Å². The van der Waals surface area contributed by atoms with Crippen molar-refractivity contribution in [3.8, 4) is 11.8 Å². The minimum absolute atomic E-state index is 0. The number of unbranched alkanes of at least 4 members (excludes halogenated alkanes) is 7. The molecule has 3 aromatic rings. The second-order valence-electron chi connectivity index (χ2n) is 8.06. The van der Waals surface area contributed by atoms with Crippen molar-refractivity contribution in [2.45, 2.75) is 56.3 Å². The van der Waals surface area contributed by atoms with Crippen LogP contribution in [0.2, 0.25) is 0 Å². The van der Waals surface area contributed by atoms with Crippen LogP contribution < -0.4 is 15.3 Å². The fourth-order valence-corrected chi connectivity index (χ4v) is 4.87. The fraction of sp³-hybridized carbons (Fsp3) is 0.400. The van der Waals surface area contributed by atoms with Crippen molar-refractivity contribution in [2.75, 3.05) is 17.3 Å². The first kappa shape index (κ1) is 29.3. The number of aromatic nitrogens is 3. The third-order valence-electron chi connectivity index (χ3n) is 5.50. The van der Waals surface area contributed by atoms with Crippen LogP contribution in [0.1, 0.15) is 56.9 Å². The summed E-state index contributed by atoms with van der Waals surface area (Å²) < 4.78 is 27.6. The molecule has 0 fully saturated rings. The van der Waals surface area contributed by atoms with Gasteiger partial charge in [-0.25, -0.2) is 8.89 Å². The van der Waals surface area contributed by atoms with Crippen molar-refractivity contribution in [3.63, 3.8) is 0 Å². The number of thioether (sulfide) groups is 1. The molecule has 9 nitrogen and oxygen atoms in total. The van der Waals surface area contributed by atoms with E-state index in [0.717, 1.165) is 29.3 Å². The zero-order valence-electron chi connectivity index (χ0n) is 20.3. The Morgan fingerprint density at radius 3 is 2.08 bits per heavy atom. The van der Waals surface area contributed by atoms with Crippen LogP contribution in [-0.2, 0) is 11.4 Å². The van der Waals surface area contributed by atoms with Crippen LogP contribution in [0.15, 0.2) is 66.1 Å². The summed E-state index contributed by atoms with van der Waals surface area (Å²) in [6, 6.07) is 16.9. The Balaban J connectivity index is 0.00000456. The van der Waals surface area contributed by atoms with Gasteiger partial charge in [0, 0.05) is 11.4 Å². The Hall–Kier alpha value is -2.91. The van der Waals surface area contributed by atoms with E-state index in [2.05, 4.69) is 25.5 Å². The van der Waals surface area contributed by atoms with Crippen molar-refractivity contribution in [1.29, 1.82) is 5.26 Å². The fourth-order valence-electron chi connectivity index (χ4n) is 3.69. The zero-order chi connectivity index (χ0) is 24.7. The Labute approximate surface area is 219 Å². The molecule has 2 aromatic carbocycles. The Bertz CT molecular complexity index is 1060. The molecule has 1 unspecified atom stereocenters. The molecule has 3 rings (SSSR count). The van der Waals surface area contributed by atoms with Crippen LogP contribution in [0.4, 0.5) is 5.69 Å². The predicted molar refractivity (Wildman–Crippen MR) is 143 cm³/mol. The monoisotopic (exact) mass is 529 g/mol. The molecular formula is C25H33N6O3S2-. The van der Waals surface area contributed by atoms with E-state index in [1.165, 1.54) is 44.9 Å². The van der Waals surface area contributed by atoms with E-state index in [-0.39, 0.29) is 6.15 Å². The Kier molecular flexibility index (Phi) is 13.6. The summed E-state index contributed by atoms with van der Waals surface area (Å²) in [5.74, 6) is 1.39. The molecule has 1 heterocycles. The highest BCUT2D eigenvalue weighted by atomic mass is 32.2. The van der Waals surface area contributed by atoms with Gasteiger partial charge < -0.3 is 14.9 Å². The lowest BCUT2D eigenvalue weighted by molar-refractivity contribution is 0.440. The van der Waals surface area contributed by atoms with Crippen molar-refractivity contribution in [1.82, 2.24) is 21.0 Å². The molecule has 0 aliphatic carbocycles. The summed E-state index contributed by atoms with van der Waals surface area (Å²) >= 11 is -0.744. The van der Waals surface area contributed by atoms with E-state index < -0.39 is 11.4 Å². The van der Waals surface area contributed by atoms with Gasteiger partial charge in [0.15, 0.2) is 0 Å². The predicted octanol–water partition coefficient (Wildman–Crippen LogP) is 5.67. The number of nitrogens with zero attached hydrogens (tertiary/aromatic N) is 5. The lowest BCUT2D eigenvalue weighted by Crippen LogP contribution is -2.29. The average molecular weight is 530 g/mol. The van der Waals surface area contributed by atoms with Crippen LogP contribution in [-0.4, -0.2) is 35.9 Å². The maximum Gasteiger partial charge on any atom is 0.139 e. The number of nitriles is 1. The molecule has 0 amide bonds. The number of benzene rings is 2. The molecule has 0 saturated heterocycles. The maximum atomic E-state index is 10.5. The average Bonchev–Trinajstić information content (AvgIpc) is 3.40. The van der Waals surface area contributed by atoms with E-state index in [4.69, 9.17) is 5.26 Å². The van der Waals surface area contributed by atoms with Gasteiger partial charge in [-0.3, -0.25) is 5.01 Å². The van der Waals surface area contributed by atoms with Crippen molar-refractivity contribution < 1.29 is 12.9 Å². The molecule has 194 valence electrons. The first-order chi connectivity index (χ1) is 17.2. The summed E-state index contributed by atoms with van der Waals surface area (Å²) in [5, 5.41) is 19.0. The quantitative estimate of drug-likeness (QED) is 0.141. The van der Waals surface area contributed by atoms with E-state index in [9.17, 15) is 8.76 Å². The molecule has 0 saturated carbocycles. The van der Waals surface area contributed by atoms with Crippen LogP contribution in [0.3, 0.4) is 0 Å². The number of hydrogen-bond donors (Lipinski definition) is 1. The lowest BCUT2D eigenvalue weighted by atomic mass is 10.1. The highest BCUT2D eigenvalue weighted by Gasteiger charge is 2.09. The molecule has 0 radical (unpaired) electrons. The topological polar surface area (TPSA) is 142 Å². The molecule has 36 heavy (non-hydrogen) atoms. The van der Waals surface area contributed by atoms with Crippen LogP contribution in [0.5, 0.6) is 5.75 Å². The van der Waals surface area contributed by atoms with Gasteiger partial charge in [-0.2, -0.15) is 5.26 Å². The molecule has 3 N–H and O–H groups in total. The third-order valence-corrected chi connectivity index (χ3v) is 6.93. The van der Waals surface area contributed by atoms with Crippen molar-refractivity contribution in [2.24, 2.45) is 0 Å². The molecule has 0 aliphatic rings. The van der Waals surface area contributed by atoms with Crippen LogP contribution in [0.25, 0.3) is 0 Å². The number of rotatable bonds is 16. The molecule has 0 bridgehead atoms. The zero-order valence-corrected chi connectivity index (χ0v) is 22.0. The molecule has 1 aromatic heterocycles. The Morgan fingerprint density at radius 1 is 0.917 bits per heavy atom. The minimum atomic E-state index is -2.53. The second kappa shape index (κ2) is 16.7. The van der Waals surface area contributed by atoms with Gasteiger partial charge >= 0.3 is 0 Å². The summed E-state index contributed by atoms with van der Waals surface area (Å²) in [6.45, 7) is 0.864. The Morgan fingerprint density at radius 2 is 1.50 bits per heavy atom. The smallest absolute Gasteiger partial charge is 0.139 e. The molecular weight excluding hydrogens is 496 g/mol. The maximum absolute atomic E-state index is 10.5. The van der Waals surface area contributed by atoms with Gasteiger partial charge in [0.25, 0.3) is 0 Å². The minimum Gasteiger partial charge on any atom is -0.740 e. The van der Waals surface area contributed by atoms with Crippen molar-refractivity contribution in [3.05, 3.63) is 66.7 Å². The van der Waals surface area contributed by atoms with Gasteiger partial charge in [0.05, 0.1) is 17.3 Å². The molecule has 1 atom stereocenters. The van der Waals surface area contributed by atoms with Crippen LogP contribution >= 0.6 is 11.8 Å². The number of hydrogen-bond acceptors (Lipinski definition) is 9. The summed E-state index contributed by atoms with van der Waals surface area (Å²) in [4.78, 5) is 1.12. The van der Waals surface area contributed by atoms with E-state index in [1.807, 2.05) is 41.1 Å². The summed E-state index contributed by atoms with van der Waals surface area (Å²) in [7, 11) is 0. The number of anilines is 1. The second-order valence-corrected chi connectivity index (χ2v) is 9.80. The SMILES string of the molecule is N.N#Cc1ccc(N(CCCCCCCCCCSc2ccc(OS(=O)[O-])cc2)n2cnnc2)cc1. The normalized spacial score (nSPS) is 11.3. The van der Waals surface area contributed by atoms with Gasteiger partial charge in [-0.05, 0) is 67.1 Å². The highest BCUT2D eigenvalue weighted by Crippen LogP contribution is 2.23. The largest absolute Gasteiger partial charge is 0.740 e. The summed E-state index contributed by atoms with van der Waals surface area (Å²) in [6.07, 6.45) is 13.0. The van der Waals surface area contributed by atoms with Crippen molar-refractivity contribution >= 4 is 28.8 Å². The van der Waals surface area contributed by atoms with Gasteiger partial charge in [-0.1, -0.05) is 38.5 Å². The first-order valence-electron chi connectivity index (χ1n) is 11.8. The van der Waals surface area contributed by atoms with E-state index in [0.29, 0.717) is 11.3 Å². The van der Waals surface area contributed by atoms with Gasteiger partial charge in [0.2, 0.25) is 0 Å². The van der Waals surface area contributed by atoms with Crippen LogP contribution in [0, 0.1) is 11.3 Å². The molecule has 11 heteroatoms. The molecule has 0 spiro atoms. The highest BCUT2D eigenvalue weighted by molar-refractivity contribution is 7.99. The lowest BCUT2D eigenvalue weighted by Gasteiger charge is -2.24.